The number of hydrogen-bond acceptors (Lipinski definition) is 4. The smallest absolute Gasteiger partial charge is 0.290 e. The number of H-pyrrole nitrogens is 1. The highest BCUT2D eigenvalue weighted by Gasteiger charge is 2.12. The van der Waals surface area contributed by atoms with Crippen molar-refractivity contribution in [3.63, 3.8) is 0 Å². The Morgan fingerprint density at radius 2 is 1.91 bits per heavy atom. The summed E-state index contributed by atoms with van der Waals surface area (Å²) >= 11 is 8.33. The number of aryl methyl sites for hydroxylation is 2. The van der Waals surface area contributed by atoms with Crippen molar-refractivity contribution in [2.24, 2.45) is 0 Å². The zero-order chi connectivity index (χ0) is 17.0. The van der Waals surface area contributed by atoms with Gasteiger partial charge in [-0.3, -0.25) is 30.9 Å². The third kappa shape index (κ3) is 4.60. The second kappa shape index (κ2) is 7.34. The van der Waals surface area contributed by atoms with Crippen LogP contribution in [-0.4, -0.2) is 27.1 Å². The molecule has 7 nitrogen and oxygen atoms in total. The van der Waals surface area contributed by atoms with Gasteiger partial charge >= 0.3 is 0 Å². The molecule has 2 rings (SSSR count). The van der Waals surface area contributed by atoms with E-state index in [9.17, 15) is 9.59 Å². The average Bonchev–Trinajstić information content (AvgIpc) is 2.94. The fourth-order valence-corrected chi connectivity index (χ4v) is 2.18. The van der Waals surface area contributed by atoms with Gasteiger partial charge in [-0.05, 0) is 49.8 Å². The van der Waals surface area contributed by atoms with Gasteiger partial charge in [0.1, 0.15) is 0 Å². The first kappa shape index (κ1) is 17.1. The summed E-state index contributed by atoms with van der Waals surface area (Å²) in [6, 6.07) is 6.78. The zero-order valence-corrected chi connectivity index (χ0v) is 14.8. The van der Waals surface area contributed by atoms with E-state index in [-0.39, 0.29) is 16.7 Å². The molecule has 1 aromatic heterocycles. The Bertz CT molecular complexity index is 774. The summed E-state index contributed by atoms with van der Waals surface area (Å²) in [6.45, 7) is 3.70. The van der Waals surface area contributed by atoms with Crippen LogP contribution in [0.15, 0.2) is 28.7 Å². The summed E-state index contributed by atoms with van der Waals surface area (Å²) in [6.07, 6.45) is 0. The van der Waals surface area contributed by atoms with Gasteiger partial charge in [0.15, 0.2) is 10.8 Å². The minimum Gasteiger partial charge on any atom is -0.298 e. The molecule has 0 unspecified atom stereocenters. The molecule has 1 aromatic carbocycles. The molecule has 1 heterocycles. The minimum absolute atomic E-state index is 0.0210. The molecule has 0 aliphatic carbocycles. The first-order valence-electron chi connectivity index (χ1n) is 6.56. The van der Waals surface area contributed by atoms with Crippen molar-refractivity contribution in [3.05, 3.63) is 51.3 Å². The van der Waals surface area contributed by atoms with E-state index in [1.165, 1.54) is 0 Å². The van der Waals surface area contributed by atoms with E-state index in [2.05, 4.69) is 42.3 Å². The van der Waals surface area contributed by atoms with Crippen LogP contribution >= 0.6 is 28.1 Å². The van der Waals surface area contributed by atoms with E-state index in [0.29, 0.717) is 5.56 Å². The Morgan fingerprint density at radius 1 is 1.17 bits per heavy atom. The molecule has 2 aromatic rings. The Hall–Kier alpha value is -2.26. The maximum absolute atomic E-state index is 12.0. The summed E-state index contributed by atoms with van der Waals surface area (Å²) in [5.41, 5.74) is 7.24. The maximum Gasteiger partial charge on any atom is 0.290 e. The summed E-state index contributed by atoms with van der Waals surface area (Å²) in [7, 11) is 0. The third-order valence-corrected chi connectivity index (χ3v) is 3.95. The minimum atomic E-state index is -0.468. The van der Waals surface area contributed by atoms with Crippen LogP contribution in [0.1, 0.15) is 32.1 Å². The molecule has 0 aliphatic rings. The van der Waals surface area contributed by atoms with Crippen molar-refractivity contribution in [2.45, 2.75) is 13.8 Å². The van der Waals surface area contributed by atoms with Crippen LogP contribution in [0.2, 0.25) is 0 Å². The number of thiocarbonyl (C=S) groups is 1. The standard InChI is InChI=1S/C14H14BrN5O2S/c1-7-3-4-9(6-10(7)15)12(21)16-14(23)20-19-13(22)11-5-8(2)17-18-11/h3-6H,1-2H3,(H,17,18)(H,19,22)(H2,16,20,21,23). The number of amides is 2. The van der Waals surface area contributed by atoms with Crippen LogP contribution in [0.25, 0.3) is 0 Å². The predicted molar refractivity (Wildman–Crippen MR) is 92.9 cm³/mol. The summed E-state index contributed by atoms with van der Waals surface area (Å²) in [5.74, 6) is -0.850. The number of nitrogens with zero attached hydrogens (tertiary/aromatic N) is 1. The number of carbonyl (C=O) groups is 2. The number of nitrogens with one attached hydrogen (secondary N) is 4. The molecule has 120 valence electrons. The Labute approximate surface area is 146 Å². The van der Waals surface area contributed by atoms with Crippen LogP contribution in [0, 0.1) is 13.8 Å². The van der Waals surface area contributed by atoms with Crippen molar-refractivity contribution < 1.29 is 9.59 Å². The highest BCUT2D eigenvalue weighted by Crippen LogP contribution is 2.17. The summed E-state index contributed by atoms with van der Waals surface area (Å²) in [5, 5.41) is 8.91. The van der Waals surface area contributed by atoms with Gasteiger partial charge in [-0.2, -0.15) is 5.10 Å². The van der Waals surface area contributed by atoms with Crippen molar-refractivity contribution in [1.82, 2.24) is 26.4 Å². The quantitative estimate of drug-likeness (QED) is 0.458. The molecule has 4 N–H and O–H groups in total. The molecular weight excluding hydrogens is 382 g/mol. The highest BCUT2D eigenvalue weighted by atomic mass is 79.9. The molecule has 0 saturated heterocycles. The molecule has 0 radical (unpaired) electrons. The first-order valence-corrected chi connectivity index (χ1v) is 7.77. The van der Waals surface area contributed by atoms with Gasteiger partial charge in [-0.25, -0.2) is 0 Å². The van der Waals surface area contributed by atoms with Crippen LogP contribution in [0.3, 0.4) is 0 Å². The van der Waals surface area contributed by atoms with Crippen LogP contribution in [-0.2, 0) is 0 Å². The van der Waals surface area contributed by atoms with Crippen molar-refractivity contribution in [1.29, 1.82) is 0 Å². The van der Waals surface area contributed by atoms with Gasteiger partial charge in [-0.1, -0.05) is 22.0 Å². The topological polar surface area (TPSA) is 98.9 Å². The molecule has 0 aliphatic heterocycles. The van der Waals surface area contributed by atoms with Crippen molar-refractivity contribution in [3.8, 4) is 0 Å². The third-order valence-electron chi connectivity index (χ3n) is 2.89. The van der Waals surface area contributed by atoms with Crippen LogP contribution in [0.4, 0.5) is 0 Å². The largest absolute Gasteiger partial charge is 0.298 e. The molecule has 0 saturated carbocycles. The van der Waals surface area contributed by atoms with E-state index in [0.717, 1.165) is 15.7 Å². The lowest BCUT2D eigenvalue weighted by Crippen LogP contribution is -2.48. The lowest BCUT2D eigenvalue weighted by atomic mass is 10.1. The SMILES string of the molecule is Cc1cc(C(=O)NNC(=S)NC(=O)c2ccc(C)c(Br)c2)n[nH]1. The van der Waals surface area contributed by atoms with Gasteiger partial charge in [0.05, 0.1) is 0 Å². The van der Waals surface area contributed by atoms with E-state index >= 15 is 0 Å². The summed E-state index contributed by atoms with van der Waals surface area (Å²) < 4.78 is 0.825. The molecule has 23 heavy (non-hydrogen) atoms. The van der Waals surface area contributed by atoms with Gasteiger partial charge in [0, 0.05) is 15.7 Å². The van der Waals surface area contributed by atoms with Gasteiger partial charge in [0.2, 0.25) is 0 Å². The lowest BCUT2D eigenvalue weighted by Gasteiger charge is -2.10. The fourth-order valence-electron chi connectivity index (χ4n) is 1.65. The number of aromatic nitrogens is 2. The monoisotopic (exact) mass is 395 g/mol. The number of benzene rings is 1. The number of hydrogen-bond donors (Lipinski definition) is 4. The average molecular weight is 396 g/mol. The summed E-state index contributed by atoms with van der Waals surface area (Å²) in [4.78, 5) is 23.8. The Balaban J connectivity index is 1.88. The van der Waals surface area contributed by atoms with E-state index in [4.69, 9.17) is 12.2 Å². The van der Waals surface area contributed by atoms with Crippen LogP contribution < -0.4 is 16.2 Å². The molecule has 9 heteroatoms. The number of hydrazine groups is 1. The van der Waals surface area contributed by atoms with Gasteiger partial charge in [0.25, 0.3) is 11.8 Å². The van der Waals surface area contributed by atoms with Crippen molar-refractivity contribution in [2.75, 3.05) is 0 Å². The normalized spacial score (nSPS) is 10.0. The molecule has 0 fully saturated rings. The van der Waals surface area contributed by atoms with Gasteiger partial charge < -0.3 is 0 Å². The number of aromatic amines is 1. The number of halogens is 1. The van der Waals surface area contributed by atoms with Crippen molar-refractivity contribution >= 4 is 45.1 Å². The molecule has 0 atom stereocenters. The predicted octanol–water partition coefficient (Wildman–Crippen LogP) is 1.74. The second-order valence-corrected chi connectivity index (χ2v) is 6.03. The van der Waals surface area contributed by atoms with Crippen LogP contribution in [0.5, 0.6) is 0 Å². The molecular formula is C14H14BrN5O2S. The van der Waals surface area contributed by atoms with E-state index in [1.54, 1.807) is 25.1 Å². The fraction of sp³-hybridized carbons (Fsp3) is 0.143. The molecule has 2 amide bonds. The highest BCUT2D eigenvalue weighted by molar-refractivity contribution is 9.10. The molecule has 0 bridgehead atoms. The zero-order valence-electron chi connectivity index (χ0n) is 12.4. The molecule has 0 spiro atoms. The first-order chi connectivity index (χ1) is 10.9. The van der Waals surface area contributed by atoms with E-state index < -0.39 is 5.91 Å². The Morgan fingerprint density at radius 3 is 2.52 bits per heavy atom. The van der Waals surface area contributed by atoms with Gasteiger partial charge in [-0.15, -0.1) is 0 Å². The lowest BCUT2D eigenvalue weighted by molar-refractivity contribution is 0.0930. The number of rotatable bonds is 2. The Kier molecular flexibility index (Phi) is 5.45. The number of carbonyl (C=O) groups excluding carboxylic acids is 2. The maximum atomic E-state index is 12.0. The second-order valence-electron chi connectivity index (χ2n) is 4.76. The van der Waals surface area contributed by atoms with E-state index in [1.807, 2.05) is 13.0 Å².